The highest BCUT2D eigenvalue weighted by Crippen LogP contribution is 2.23. The molecule has 2 heterocycles. The molecule has 2 saturated heterocycles. The van der Waals surface area contributed by atoms with Gasteiger partial charge in [-0.3, -0.25) is 9.69 Å². The first-order valence-corrected chi connectivity index (χ1v) is 6.85. The molecule has 1 amide bonds. The van der Waals surface area contributed by atoms with E-state index >= 15 is 0 Å². The van der Waals surface area contributed by atoms with Crippen LogP contribution in [0.5, 0.6) is 0 Å². The first-order chi connectivity index (χ1) is 8.09. The van der Waals surface area contributed by atoms with Crippen LogP contribution in [-0.4, -0.2) is 60.0 Å². The van der Waals surface area contributed by atoms with E-state index < -0.39 is 0 Å². The van der Waals surface area contributed by atoms with Gasteiger partial charge >= 0.3 is 0 Å². The van der Waals surface area contributed by atoms with Gasteiger partial charge in [0.1, 0.15) is 0 Å². The van der Waals surface area contributed by atoms with Crippen molar-refractivity contribution in [2.75, 3.05) is 26.2 Å². The number of carbonyl (C=O) groups is 1. The number of hydrogen-bond acceptors (Lipinski definition) is 3. The van der Waals surface area contributed by atoms with E-state index in [2.05, 4.69) is 31.0 Å². The van der Waals surface area contributed by atoms with Crippen LogP contribution in [0.2, 0.25) is 0 Å². The number of rotatable bonds is 2. The monoisotopic (exact) mass is 239 g/mol. The minimum absolute atomic E-state index is 0.305. The number of hydrogen-bond donors (Lipinski definition) is 1. The van der Waals surface area contributed by atoms with Gasteiger partial charge in [0.15, 0.2) is 0 Å². The van der Waals surface area contributed by atoms with Gasteiger partial charge in [0.05, 0.1) is 6.54 Å². The van der Waals surface area contributed by atoms with Gasteiger partial charge in [-0.2, -0.15) is 0 Å². The molecule has 0 bridgehead atoms. The summed E-state index contributed by atoms with van der Waals surface area (Å²) in [6.45, 7) is 9.91. The van der Waals surface area contributed by atoms with E-state index in [4.69, 9.17) is 0 Å². The molecule has 2 unspecified atom stereocenters. The summed E-state index contributed by atoms with van der Waals surface area (Å²) in [5.74, 6) is 0.305. The second-order valence-electron chi connectivity index (χ2n) is 5.59. The van der Waals surface area contributed by atoms with Gasteiger partial charge in [0.2, 0.25) is 5.91 Å². The van der Waals surface area contributed by atoms with Crippen LogP contribution in [0.3, 0.4) is 0 Å². The lowest BCUT2D eigenvalue weighted by molar-refractivity contribution is -0.135. The third-order valence-electron chi connectivity index (χ3n) is 4.27. The fraction of sp³-hybridized carbons (Fsp3) is 0.923. The quantitative estimate of drug-likeness (QED) is 0.770. The molecule has 1 N–H and O–H groups in total. The molecule has 0 aromatic rings. The second-order valence-corrected chi connectivity index (χ2v) is 5.59. The summed E-state index contributed by atoms with van der Waals surface area (Å²) < 4.78 is 0. The predicted molar refractivity (Wildman–Crippen MR) is 68.9 cm³/mol. The van der Waals surface area contributed by atoms with E-state index in [1.165, 1.54) is 12.8 Å². The number of likely N-dealkylation sites (tertiary alicyclic amines) is 1. The number of nitrogens with one attached hydrogen (secondary N) is 1. The van der Waals surface area contributed by atoms with E-state index in [0.717, 1.165) is 19.6 Å². The van der Waals surface area contributed by atoms with Crippen LogP contribution in [0.15, 0.2) is 0 Å². The van der Waals surface area contributed by atoms with Crippen LogP contribution in [0.1, 0.15) is 33.6 Å². The van der Waals surface area contributed by atoms with Crippen molar-refractivity contribution in [3.05, 3.63) is 0 Å². The molecule has 4 nitrogen and oxygen atoms in total. The minimum atomic E-state index is 0.305. The van der Waals surface area contributed by atoms with Gasteiger partial charge in [-0.15, -0.1) is 0 Å². The first kappa shape index (κ1) is 12.8. The van der Waals surface area contributed by atoms with Crippen molar-refractivity contribution in [1.82, 2.24) is 15.1 Å². The van der Waals surface area contributed by atoms with Crippen LogP contribution >= 0.6 is 0 Å². The lowest BCUT2D eigenvalue weighted by Gasteiger charge is -2.36. The predicted octanol–water partition coefficient (Wildman–Crippen LogP) is 0.680. The van der Waals surface area contributed by atoms with Crippen LogP contribution in [0.25, 0.3) is 0 Å². The highest BCUT2D eigenvalue weighted by molar-refractivity contribution is 5.78. The summed E-state index contributed by atoms with van der Waals surface area (Å²) in [6.07, 6.45) is 2.46. The Kier molecular flexibility index (Phi) is 4.05. The maximum Gasteiger partial charge on any atom is 0.237 e. The van der Waals surface area contributed by atoms with Crippen molar-refractivity contribution < 1.29 is 4.79 Å². The molecule has 2 aliphatic rings. The van der Waals surface area contributed by atoms with Crippen LogP contribution < -0.4 is 5.32 Å². The van der Waals surface area contributed by atoms with Crippen molar-refractivity contribution in [2.45, 2.75) is 51.7 Å². The Labute approximate surface area is 104 Å². The molecule has 0 saturated carbocycles. The molecule has 2 fully saturated rings. The summed E-state index contributed by atoms with van der Waals surface area (Å²) in [4.78, 5) is 16.7. The van der Waals surface area contributed by atoms with Crippen LogP contribution in [0.4, 0.5) is 0 Å². The van der Waals surface area contributed by atoms with Crippen LogP contribution in [-0.2, 0) is 4.79 Å². The SMILES string of the molecule is CC1CCC(C)N1CC(=O)N1CCNC[C@H]1C. The highest BCUT2D eigenvalue weighted by Gasteiger charge is 2.31. The molecular formula is C13H25N3O. The summed E-state index contributed by atoms with van der Waals surface area (Å²) in [7, 11) is 0. The fourth-order valence-electron chi connectivity index (χ4n) is 3.02. The third-order valence-corrected chi connectivity index (χ3v) is 4.27. The van der Waals surface area contributed by atoms with Crippen molar-refractivity contribution in [3.63, 3.8) is 0 Å². The Morgan fingerprint density at radius 3 is 2.41 bits per heavy atom. The molecule has 2 aliphatic heterocycles. The normalized spacial score (nSPS) is 35.2. The van der Waals surface area contributed by atoms with Crippen molar-refractivity contribution in [2.24, 2.45) is 0 Å². The molecule has 0 radical (unpaired) electrons. The lowest BCUT2D eigenvalue weighted by atomic mass is 10.2. The molecule has 0 aliphatic carbocycles. The van der Waals surface area contributed by atoms with Gasteiger partial charge in [0, 0.05) is 37.8 Å². The Morgan fingerprint density at radius 2 is 1.82 bits per heavy atom. The number of amides is 1. The molecule has 17 heavy (non-hydrogen) atoms. The Hall–Kier alpha value is -0.610. The standard InChI is InChI=1S/C13H25N3O/c1-10-4-5-11(2)16(10)9-13(17)15-7-6-14-8-12(15)3/h10-12,14H,4-9H2,1-3H3/t10?,11?,12-/m1/s1. The zero-order valence-electron chi connectivity index (χ0n) is 11.3. The number of nitrogens with zero attached hydrogens (tertiary/aromatic N) is 2. The van der Waals surface area contributed by atoms with Crippen molar-refractivity contribution >= 4 is 5.91 Å². The maximum atomic E-state index is 12.3. The van der Waals surface area contributed by atoms with Crippen molar-refractivity contribution in [1.29, 1.82) is 0 Å². The summed E-state index contributed by atoms with van der Waals surface area (Å²) in [6, 6.07) is 1.46. The molecular weight excluding hydrogens is 214 g/mol. The van der Waals surface area contributed by atoms with Gasteiger partial charge in [-0.25, -0.2) is 0 Å². The molecule has 98 valence electrons. The van der Waals surface area contributed by atoms with Gasteiger partial charge in [-0.05, 0) is 33.6 Å². The zero-order valence-corrected chi connectivity index (χ0v) is 11.3. The van der Waals surface area contributed by atoms with Crippen molar-refractivity contribution in [3.8, 4) is 0 Å². The van der Waals surface area contributed by atoms with E-state index in [9.17, 15) is 4.79 Å². The van der Waals surface area contributed by atoms with E-state index in [1.54, 1.807) is 0 Å². The minimum Gasteiger partial charge on any atom is -0.336 e. The molecule has 0 aromatic carbocycles. The summed E-state index contributed by atoms with van der Waals surface area (Å²) in [5.41, 5.74) is 0. The Morgan fingerprint density at radius 1 is 1.18 bits per heavy atom. The van der Waals surface area contributed by atoms with E-state index in [1.807, 2.05) is 4.90 Å². The highest BCUT2D eigenvalue weighted by atomic mass is 16.2. The molecule has 2 rings (SSSR count). The number of piperazine rings is 1. The summed E-state index contributed by atoms with van der Waals surface area (Å²) in [5, 5.41) is 3.32. The average molecular weight is 239 g/mol. The van der Waals surface area contributed by atoms with E-state index in [-0.39, 0.29) is 0 Å². The maximum absolute atomic E-state index is 12.3. The van der Waals surface area contributed by atoms with E-state index in [0.29, 0.717) is 30.6 Å². The zero-order chi connectivity index (χ0) is 12.4. The Bertz CT molecular complexity index is 272. The van der Waals surface area contributed by atoms with Gasteiger partial charge < -0.3 is 10.2 Å². The topological polar surface area (TPSA) is 35.6 Å². The molecule has 4 heteroatoms. The Balaban J connectivity index is 1.91. The van der Waals surface area contributed by atoms with Crippen LogP contribution in [0, 0.1) is 0 Å². The molecule has 0 spiro atoms. The third kappa shape index (κ3) is 2.80. The van der Waals surface area contributed by atoms with Gasteiger partial charge in [0.25, 0.3) is 0 Å². The first-order valence-electron chi connectivity index (χ1n) is 6.85. The molecule has 0 aromatic heterocycles. The largest absolute Gasteiger partial charge is 0.336 e. The number of carbonyl (C=O) groups excluding carboxylic acids is 1. The smallest absolute Gasteiger partial charge is 0.237 e. The molecule has 3 atom stereocenters. The fourth-order valence-corrected chi connectivity index (χ4v) is 3.02. The van der Waals surface area contributed by atoms with Gasteiger partial charge in [-0.1, -0.05) is 0 Å². The average Bonchev–Trinajstić information content (AvgIpc) is 2.61. The summed E-state index contributed by atoms with van der Waals surface area (Å²) >= 11 is 0. The lowest BCUT2D eigenvalue weighted by Crippen LogP contribution is -2.55. The second kappa shape index (κ2) is 5.36.